The van der Waals surface area contributed by atoms with Gasteiger partial charge in [0.15, 0.2) is 0 Å². The highest BCUT2D eigenvalue weighted by atomic mass is 32.1. The number of aryl methyl sites for hydroxylation is 1. The van der Waals surface area contributed by atoms with Gasteiger partial charge in [0.1, 0.15) is 6.26 Å². The largest absolute Gasteiger partial charge is 0.443 e. The van der Waals surface area contributed by atoms with E-state index in [-0.39, 0.29) is 5.91 Å². The van der Waals surface area contributed by atoms with Crippen LogP contribution in [0.4, 0.5) is 0 Å². The Morgan fingerprint density at radius 2 is 2.24 bits per heavy atom. The average molecular weight is 298 g/mol. The van der Waals surface area contributed by atoms with E-state index in [1.807, 2.05) is 42.6 Å². The van der Waals surface area contributed by atoms with Gasteiger partial charge < -0.3 is 9.73 Å². The van der Waals surface area contributed by atoms with Gasteiger partial charge in [0.2, 0.25) is 5.89 Å². The zero-order valence-electron chi connectivity index (χ0n) is 11.5. The van der Waals surface area contributed by atoms with E-state index in [1.165, 1.54) is 0 Å². The molecule has 0 spiro atoms. The van der Waals surface area contributed by atoms with Crippen LogP contribution < -0.4 is 5.32 Å². The number of hydrogen-bond acceptors (Lipinski definition) is 4. The molecule has 3 rings (SSSR count). The minimum Gasteiger partial charge on any atom is -0.443 e. The molecule has 0 saturated heterocycles. The monoisotopic (exact) mass is 298 g/mol. The van der Waals surface area contributed by atoms with Crippen LogP contribution in [0, 0.1) is 6.92 Å². The van der Waals surface area contributed by atoms with Crippen LogP contribution in [0.5, 0.6) is 0 Å². The van der Waals surface area contributed by atoms with Crippen LogP contribution in [0.1, 0.15) is 21.6 Å². The molecule has 0 aliphatic carbocycles. The fourth-order valence-corrected chi connectivity index (χ4v) is 2.62. The number of rotatable bonds is 4. The molecule has 1 N–H and O–H groups in total. The van der Waals surface area contributed by atoms with Gasteiger partial charge in [-0.2, -0.15) is 0 Å². The summed E-state index contributed by atoms with van der Waals surface area (Å²) in [5.41, 5.74) is 2.42. The maximum atomic E-state index is 12.0. The van der Waals surface area contributed by atoms with E-state index in [9.17, 15) is 4.79 Å². The molecule has 0 unspecified atom stereocenters. The second-order valence-electron chi connectivity index (χ2n) is 4.67. The second-order valence-corrected chi connectivity index (χ2v) is 5.62. The molecule has 0 bridgehead atoms. The molecule has 21 heavy (non-hydrogen) atoms. The van der Waals surface area contributed by atoms with Gasteiger partial charge in [0.25, 0.3) is 5.91 Å². The SMILES string of the molecule is Cc1cccc(C(=O)NCc2coc(-c3cccs3)n2)c1. The molecule has 4 nitrogen and oxygen atoms in total. The molecule has 0 radical (unpaired) electrons. The summed E-state index contributed by atoms with van der Waals surface area (Å²) >= 11 is 1.57. The fraction of sp³-hybridized carbons (Fsp3) is 0.125. The molecule has 0 aliphatic heterocycles. The molecule has 5 heteroatoms. The van der Waals surface area contributed by atoms with Crippen molar-refractivity contribution in [1.29, 1.82) is 0 Å². The van der Waals surface area contributed by atoms with E-state index < -0.39 is 0 Å². The number of carbonyl (C=O) groups excluding carboxylic acids is 1. The maximum absolute atomic E-state index is 12.0. The van der Waals surface area contributed by atoms with E-state index in [4.69, 9.17) is 4.42 Å². The van der Waals surface area contributed by atoms with Crippen LogP contribution in [-0.4, -0.2) is 10.9 Å². The predicted octanol–water partition coefficient (Wildman–Crippen LogP) is 3.64. The van der Waals surface area contributed by atoms with Crippen molar-refractivity contribution in [3.63, 3.8) is 0 Å². The van der Waals surface area contributed by atoms with Crippen LogP contribution >= 0.6 is 11.3 Å². The van der Waals surface area contributed by atoms with Gasteiger partial charge in [-0.15, -0.1) is 11.3 Å². The Morgan fingerprint density at radius 3 is 3.00 bits per heavy atom. The van der Waals surface area contributed by atoms with Gasteiger partial charge in [0.05, 0.1) is 17.1 Å². The Kier molecular flexibility index (Phi) is 3.83. The molecule has 0 fully saturated rings. The van der Waals surface area contributed by atoms with Crippen molar-refractivity contribution in [2.45, 2.75) is 13.5 Å². The zero-order chi connectivity index (χ0) is 14.7. The topological polar surface area (TPSA) is 55.1 Å². The van der Waals surface area contributed by atoms with Crippen molar-refractivity contribution in [3.8, 4) is 10.8 Å². The summed E-state index contributed by atoms with van der Waals surface area (Å²) in [5.74, 6) is 0.476. The molecule has 2 aromatic heterocycles. The third-order valence-corrected chi connectivity index (χ3v) is 3.85. The zero-order valence-corrected chi connectivity index (χ0v) is 12.3. The van der Waals surface area contributed by atoms with Gasteiger partial charge in [-0.05, 0) is 30.5 Å². The molecule has 0 saturated carbocycles. The first kappa shape index (κ1) is 13.6. The summed E-state index contributed by atoms with van der Waals surface area (Å²) in [6.07, 6.45) is 1.57. The predicted molar refractivity (Wildman–Crippen MR) is 82.2 cm³/mol. The number of aromatic nitrogens is 1. The van der Waals surface area contributed by atoms with Crippen LogP contribution in [0.3, 0.4) is 0 Å². The standard InChI is InChI=1S/C16H14N2O2S/c1-11-4-2-5-12(8-11)15(19)17-9-13-10-20-16(18-13)14-6-3-7-21-14/h2-8,10H,9H2,1H3,(H,17,19). The number of amides is 1. The molecule has 2 heterocycles. The fourth-order valence-electron chi connectivity index (χ4n) is 1.96. The summed E-state index contributed by atoms with van der Waals surface area (Å²) < 4.78 is 5.41. The van der Waals surface area contributed by atoms with Crippen molar-refractivity contribution in [2.24, 2.45) is 0 Å². The second kappa shape index (κ2) is 5.93. The van der Waals surface area contributed by atoms with E-state index >= 15 is 0 Å². The Morgan fingerprint density at radius 1 is 1.33 bits per heavy atom. The lowest BCUT2D eigenvalue weighted by atomic mass is 10.1. The van der Waals surface area contributed by atoms with E-state index in [0.717, 1.165) is 10.4 Å². The Balaban J connectivity index is 1.64. The van der Waals surface area contributed by atoms with Crippen LogP contribution in [0.15, 0.2) is 52.5 Å². The van der Waals surface area contributed by atoms with Crippen molar-refractivity contribution in [2.75, 3.05) is 0 Å². The van der Waals surface area contributed by atoms with Crippen molar-refractivity contribution in [1.82, 2.24) is 10.3 Å². The number of thiophene rings is 1. The minimum absolute atomic E-state index is 0.112. The first-order valence-corrected chi connectivity index (χ1v) is 7.43. The quantitative estimate of drug-likeness (QED) is 0.800. The van der Waals surface area contributed by atoms with E-state index in [2.05, 4.69) is 10.3 Å². The normalized spacial score (nSPS) is 10.5. The third-order valence-electron chi connectivity index (χ3n) is 2.99. The smallest absolute Gasteiger partial charge is 0.251 e. The summed E-state index contributed by atoms with van der Waals surface area (Å²) in [6.45, 7) is 2.31. The lowest BCUT2D eigenvalue weighted by Gasteiger charge is -2.03. The highest BCUT2D eigenvalue weighted by Crippen LogP contribution is 2.23. The number of nitrogens with zero attached hydrogens (tertiary/aromatic N) is 1. The maximum Gasteiger partial charge on any atom is 0.251 e. The summed E-state index contributed by atoms with van der Waals surface area (Å²) in [5, 5.41) is 4.81. The Hall–Kier alpha value is -2.40. The van der Waals surface area contributed by atoms with Gasteiger partial charge in [-0.25, -0.2) is 4.98 Å². The number of hydrogen-bond donors (Lipinski definition) is 1. The van der Waals surface area contributed by atoms with Crippen LogP contribution in [0.25, 0.3) is 10.8 Å². The molecule has 0 atom stereocenters. The lowest BCUT2D eigenvalue weighted by molar-refractivity contribution is 0.0950. The lowest BCUT2D eigenvalue weighted by Crippen LogP contribution is -2.22. The van der Waals surface area contributed by atoms with E-state index in [1.54, 1.807) is 23.7 Å². The molecular weight excluding hydrogens is 284 g/mol. The Bertz CT molecular complexity index is 747. The first-order valence-electron chi connectivity index (χ1n) is 6.55. The summed E-state index contributed by atoms with van der Waals surface area (Å²) in [6, 6.07) is 11.4. The summed E-state index contributed by atoms with van der Waals surface area (Å²) in [7, 11) is 0. The molecule has 1 amide bonds. The van der Waals surface area contributed by atoms with Crippen LogP contribution in [-0.2, 0) is 6.54 Å². The van der Waals surface area contributed by atoms with Gasteiger partial charge >= 0.3 is 0 Å². The number of benzene rings is 1. The van der Waals surface area contributed by atoms with Crippen LogP contribution in [0.2, 0.25) is 0 Å². The first-order chi connectivity index (χ1) is 10.2. The molecular formula is C16H14N2O2S. The average Bonchev–Trinajstić information content (AvgIpc) is 3.15. The van der Waals surface area contributed by atoms with Gasteiger partial charge in [0, 0.05) is 5.56 Å². The highest BCUT2D eigenvalue weighted by Gasteiger charge is 2.09. The minimum atomic E-state index is -0.112. The van der Waals surface area contributed by atoms with Crippen molar-refractivity contribution < 1.29 is 9.21 Å². The van der Waals surface area contributed by atoms with E-state index in [0.29, 0.717) is 23.7 Å². The highest BCUT2D eigenvalue weighted by molar-refractivity contribution is 7.13. The number of carbonyl (C=O) groups is 1. The summed E-state index contributed by atoms with van der Waals surface area (Å²) in [4.78, 5) is 17.4. The van der Waals surface area contributed by atoms with Gasteiger partial charge in [-0.1, -0.05) is 23.8 Å². The molecule has 106 valence electrons. The number of oxazole rings is 1. The van der Waals surface area contributed by atoms with Crippen molar-refractivity contribution >= 4 is 17.2 Å². The Labute approximate surface area is 126 Å². The third kappa shape index (κ3) is 3.20. The molecule has 0 aliphatic rings. The van der Waals surface area contributed by atoms with Crippen molar-refractivity contribution in [3.05, 3.63) is 64.9 Å². The molecule has 3 aromatic rings. The number of nitrogens with one attached hydrogen (secondary N) is 1. The van der Waals surface area contributed by atoms with Gasteiger partial charge in [-0.3, -0.25) is 4.79 Å². The molecule has 1 aromatic carbocycles.